The van der Waals surface area contributed by atoms with E-state index in [0.29, 0.717) is 17.8 Å². The Bertz CT molecular complexity index is 257. The van der Waals surface area contributed by atoms with Crippen LogP contribution in [0.25, 0.3) is 0 Å². The molecule has 2 nitrogen and oxygen atoms in total. The number of hydrogen-bond donors (Lipinski definition) is 1. The molecule has 3 aliphatic carbocycles. The second-order valence-corrected chi connectivity index (χ2v) is 6.16. The van der Waals surface area contributed by atoms with Crippen LogP contribution in [0.4, 0.5) is 0 Å². The number of carboxylic acid groups (broad SMARTS) is 1. The second kappa shape index (κ2) is 3.80. The first-order chi connectivity index (χ1) is 6.99. The van der Waals surface area contributed by atoms with Crippen molar-refractivity contribution in [3.63, 3.8) is 0 Å². The van der Waals surface area contributed by atoms with E-state index < -0.39 is 5.97 Å². The van der Waals surface area contributed by atoms with Crippen molar-refractivity contribution in [1.29, 1.82) is 0 Å². The molecule has 3 saturated carbocycles. The number of carboxylic acids is 1. The standard InChI is InChI=1S/C13H22O2/c1-13(2)8-10-3-5-11(13)7-9(10)4-6-12(14)15/h9-11H,3-8H2,1-2H3,(H,14,15). The Labute approximate surface area is 92.1 Å². The smallest absolute Gasteiger partial charge is 0.303 e. The van der Waals surface area contributed by atoms with Crippen molar-refractivity contribution in [2.45, 2.75) is 52.4 Å². The maximum atomic E-state index is 10.6. The summed E-state index contributed by atoms with van der Waals surface area (Å²) in [4.78, 5) is 10.6. The first-order valence-corrected chi connectivity index (χ1v) is 6.21. The average Bonchev–Trinajstić information content (AvgIpc) is 2.14. The molecular formula is C13H22O2. The fourth-order valence-electron chi connectivity index (χ4n) is 3.81. The van der Waals surface area contributed by atoms with Crippen LogP contribution in [0.3, 0.4) is 0 Å². The fraction of sp³-hybridized carbons (Fsp3) is 0.923. The molecule has 3 unspecified atom stereocenters. The third-order valence-electron chi connectivity index (χ3n) is 4.76. The highest BCUT2D eigenvalue weighted by Crippen LogP contribution is 2.55. The van der Waals surface area contributed by atoms with Crippen LogP contribution < -0.4 is 0 Å². The van der Waals surface area contributed by atoms with Gasteiger partial charge >= 0.3 is 5.97 Å². The van der Waals surface area contributed by atoms with Gasteiger partial charge in [-0.05, 0) is 55.3 Å². The zero-order chi connectivity index (χ0) is 11.1. The molecule has 0 aromatic heterocycles. The minimum absolute atomic E-state index is 0.369. The number of hydrogen-bond acceptors (Lipinski definition) is 1. The third-order valence-corrected chi connectivity index (χ3v) is 4.76. The molecule has 86 valence electrons. The zero-order valence-corrected chi connectivity index (χ0v) is 9.83. The van der Waals surface area contributed by atoms with Crippen LogP contribution >= 0.6 is 0 Å². The summed E-state index contributed by atoms with van der Waals surface area (Å²) in [6, 6.07) is 0. The van der Waals surface area contributed by atoms with Crippen LogP contribution in [0.2, 0.25) is 0 Å². The molecule has 0 spiro atoms. The van der Waals surface area contributed by atoms with Crippen molar-refractivity contribution < 1.29 is 9.90 Å². The normalized spacial score (nSPS) is 37.9. The Morgan fingerprint density at radius 2 is 2.13 bits per heavy atom. The molecule has 0 radical (unpaired) electrons. The Morgan fingerprint density at radius 3 is 2.60 bits per heavy atom. The lowest BCUT2D eigenvalue weighted by molar-refractivity contribution is -0.137. The first-order valence-electron chi connectivity index (χ1n) is 6.21. The van der Waals surface area contributed by atoms with E-state index >= 15 is 0 Å². The van der Waals surface area contributed by atoms with Gasteiger partial charge in [0.05, 0.1) is 0 Å². The van der Waals surface area contributed by atoms with Crippen molar-refractivity contribution in [2.75, 3.05) is 0 Å². The van der Waals surface area contributed by atoms with Crippen molar-refractivity contribution in [2.24, 2.45) is 23.2 Å². The van der Waals surface area contributed by atoms with E-state index in [2.05, 4.69) is 13.8 Å². The van der Waals surface area contributed by atoms with Gasteiger partial charge in [-0.3, -0.25) is 4.79 Å². The molecule has 0 amide bonds. The Balaban J connectivity index is 1.93. The van der Waals surface area contributed by atoms with Gasteiger partial charge in [0.15, 0.2) is 0 Å². The predicted octanol–water partition coefficient (Wildman–Crippen LogP) is 3.31. The van der Waals surface area contributed by atoms with Crippen LogP contribution in [0.1, 0.15) is 52.4 Å². The maximum absolute atomic E-state index is 10.6. The van der Waals surface area contributed by atoms with Gasteiger partial charge in [-0.1, -0.05) is 13.8 Å². The van der Waals surface area contributed by atoms with Crippen LogP contribution in [-0.4, -0.2) is 11.1 Å². The summed E-state index contributed by atoms with van der Waals surface area (Å²) >= 11 is 0. The molecule has 3 rings (SSSR count). The van der Waals surface area contributed by atoms with E-state index in [4.69, 9.17) is 5.11 Å². The Kier molecular flexibility index (Phi) is 2.78. The van der Waals surface area contributed by atoms with Crippen LogP contribution in [0.15, 0.2) is 0 Å². The third kappa shape index (κ3) is 2.19. The highest BCUT2D eigenvalue weighted by Gasteiger charge is 2.45. The lowest BCUT2D eigenvalue weighted by Crippen LogP contribution is -2.42. The van der Waals surface area contributed by atoms with E-state index in [0.717, 1.165) is 18.3 Å². The second-order valence-electron chi connectivity index (χ2n) is 6.16. The predicted molar refractivity (Wildman–Crippen MR) is 59.6 cm³/mol. The first kappa shape index (κ1) is 11.0. The summed E-state index contributed by atoms with van der Waals surface area (Å²) < 4.78 is 0. The molecule has 2 bridgehead atoms. The van der Waals surface area contributed by atoms with Crippen LogP contribution in [0.5, 0.6) is 0 Å². The van der Waals surface area contributed by atoms with Crippen molar-refractivity contribution >= 4 is 5.97 Å². The monoisotopic (exact) mass is 210 g/mol. The summed E-state index contributed by atoms with van der Waals surface area (Å²) in [7, 11) is 0. The van der Waals surface area contributed by atoms with Gasteiger partial charge in [0.25, 0.3) is 0 Å². The Morgan fingerprint density at radius 1 is 1.40 bits per heavy atom. The molecule has 1 N–H and O–H groups in total. The van der Waals surface area contributed by atoms with Gasteiger partial charge in [0.2, 0.25) is 0 Å². The molecule has 0 saturated heterocycles. The van der Waals surface area contributed by atoms with Gasteiger partial charge in [0, 0.05) is 6.42 Å². The van der Waals surface area contributed by atoms with Crippen molar-refractivity contribution in [1.82, 2.24) is 0 Å². The molecule has 3 fully saturated rings. The van der Waals surface area contributed by atoms with E-state index in [1.165, 1.54) is 25.7 Å². The van der Waals surface area contributed by atoms with Crippen molar-refractivity contribution in [3.05, 3.63) is 0 Å². The summed E-state index contributed by atoms with van der Waals surface area (Å²) in [5.74, 6) is 1.73. The molecule has 0 aromatic rings. The molecule has 0 aromatic carbocycles. The largest absolute Gasteiger partial charge is 0.481 e. The molecule has 3 aliphatic rings. The van der Waals surface area contributed by atoms with Crippen molar-refractivity contribution in [3.8, 4) is 0 Å². The minimum atomic E-state index is -0.629. The van der Waals surface area contributed by atoms with E-state index in [1.54, 1.807) is 0 Å². The van der Waals surface area contributed by atoms with Gasteiger partial charge in [-0.15, -0.1) is 0 Å². The molecule has 0 heterocycles. The zero-order valence-electron chi connectivity index (χ0n) is 9.83. The summed E-state index contributed by atoms with van der Waals surface area (Å²) in [6.07, 6.45) is 6.60. The fourth-order valence-corrected chi connectivity index (χ4v) is 3.81. The molecule has 0 aliphatic heterocycles. The van der Waals surface area contributed by atoms with E-state index in [1.807, 2.05) is 0 Å². The lowest BCUT2D eigenvalue weighted by atomic mass is 9.53. The molecule has 3 atom stereocenters. The maximum Gasteiger partial charge on any atom is 0.303 e. The number of carbonyl (C=O) groups is 1. The SMILES string of the molecule is CC1(C)CC2CCC1CC2CCC(=O)O. The highest BCUT2D eigenvalue weighted by molar-refractivity contribution is 5.66. The number of fused-ring (bicyclic) bond motifs is 3. The quantitative estimate of drug-likeness (QED) is 0.776. The number of rotatable bonds is 3. The average molecular weight is 210 g/mol. The van der Waals surface area contributed by atoms with Gasteiger partial charge in [0.1, 0.15) is 0 Å². The summed E-state index contributed by atoms with van der Waals surface area (Å²) in [5, 5.41) is 8.72. The lowest BCUT2D eigenvalue weighted by Gasteiger charge is -2.52. The van der Waals surface area contributed by atoms with Gasteiger partial charge < -0.3 is 5.11 Å². The van der Waals surface area contributed by atoms with E-state index in [9.17, 15) is 4.79 Å². The van der Waals surface area contributed by atoms with Crippen LogP contribution in [0, 0.1) is 23.2 Å². The van der Waals surface area contributed by atoms with E-state index in [-0.39, 0.29) is 0 Å². The summed E-state index contributed by atoms with van der Waals surface area (Å²) in [5.41, 5.74) is 0.517. The molecular weight excluding hydrogens is 188 g/mol. The molecule has 2 heteroatoms. The molecule has 15 heavy (non-hydrogen) atoms. The van der Waals surface area contributed by atoms with Gasteiger partial charge in [-0.2, -0.15) is 0 Å². The summed E-state index contributed by atoms with van der Waals surface area (Å²) in [6.45, 7) is 4.77. The number of aliphatic carboxylic acids is 1. The minimum Gasteiger partial charge on any atom is -0.481 e. The highest BCUT2D eigenvalue weighted by atomic mass is 16.4. The Hall–Kier alpha value is -0.530. The van der Waals surface area contributed by atoms with Crippen LogP contribution in [-0.2, 0) is 4.79 Å². The topological polar surface area (TPSA) is 37.3 Å². The van der Waals surface area contributed by atoms with Gasteiger partial charge in [-0.25, -0.2) is 0 Å².